The van der Waals surface area contributed by atoms with Gasteiger partial charge >= 0.3 is 0 Å². The highest BCUT2D eigenvalue weighted by molar-refractivity contribution is 5.87. The Morgan fingerprint density at radius 2 is 1.87 bits per heavy atom. The van der Waals surface area contributed by atoms with Gasteiger partial charge in [0.1, 0.15) is 0 Å². The molecule has 0 saturated carbocycles. The number of pyridine rings is 1. The van der Waals surface area contributed by atoms with Gasteiger partial charge in [0.2, 0.25) is 0 Å². The molecular formula is C19H12N4. The van der Waals surface area contributed by atoms with Gasteiger partial charge in [0.05, 0.1) is 34.7 Å². The van der Waals surface area contributed by atoms with Crippen molar-refractivity contribution in [1.29, 1.82) is 5.26 Å². The van der Waals surface area contributed by atoms with Crippen LogP contribution in [0, 0.1) is 11.3 Å². The van der Waals surface area contributed by atoms with E-state index in [1.54, 1.807) is 18.6 Å². The lowest BCUT2D eigenvalue weighted by Gasteiger charge is -2.09. The van der Waals surface area contributed by atoms with Crippen LogP contribution in [0.3, 0.4) is 0 Å². The zero-order valence-corrected chi connectivity index (χ0v) is 12.2. The van der Waals surface area contributed by atoms with E-state index in [0.717, 1.165) is 33.4 Å². The van der Waals surface area contributed by atoms with Crippen LogP contribution in [0.5, 0.6) is 0 Å². The van der Waals surface area contributed by atoms with Crippen LogP contribution in [0.25, 0.3) is 33.4 Å². The van der Waals surface area contributed by atoms with Gasteiger partial charge in [-0.25, -0.2) is 4.98 Å². The summed E-state index contributed by atoms with van der Waals surface area (Å²) in [5, 5.41) is 9.11. The number of nitriles is 1. The Bertz CT molecular complexity index is 1040. The predicted octanol–water partition coefficient (Wildman–Crippen LogP) is 4.16. The van der Waals surface area contributed by atoms with E-state index in [0.29, 0.717) is 5.56 Å². The number of benzene rings is 2. The third-order valence-corrected chi connectivity index (χ3v) is 3.80. The van der Waals surface area contributed by atoms with Crippen molar-refractivity contribution in [2.75, 3.05) is 0 Å². The van der Waals surface area contributed by atoms with Crippen molar-refractivity contribution in [1.82, 2.24) is 15.0 Å². The summed E-state index contributed by atoms with van der Waals surface area (Å²) in [6.07, 6.45) is 3.46. The highest BCUT2D eigenvalue weighted by Gasteiger charge is 2.10. The van der Waals surface area contributed by atoms with Crippen LogP contribution in [0.4, 0.5) is 0 Å². The molecule has 4 aromatic rings. The molecule has 23 heavy (non-hydrogen) atoms. The molecule has 0 amide bonds. The number of hydrogen-bond acceptors (Lipinski definition) is 3. The summed E-state index contributed by atoms with van der Waals surface area (Å²) in [5.74, 6) is 0. The predicted molar refractivity (Wildman–Crippen MR) is 89.5 cm³/mol. The minimum absolute atomic E-state index is 0.628. The van der Waals surface area contributed by atoms with Crippen molar-refractivity contribution in [3.63, 3.8) is 0 Å². The van der Waals surface area contributed by atoms with Gasteiger partial charge in [-0.1, -0.05) is 24.3 Å². The lowest BCUT2D eigenvalue weighted by Crippen LogP contribution is -1.89. The average Bonchev–Trinajstić information content (AvgIpc) is 3.09. The first-order chi connectivity index (χ1) is 11.3. The lowest BCUT2D eigenvalue weighted by atomic mass is 9.98. The van der Waals surface area contributed by atoms with Gasteiger partial charge in [0, 0.05) is 17.3 Å². The Labute approximate surface area is 133 Å². The number of aromatic nitrogens is 3. The molecule has 2 aromatic heterocycles. The van der Waals surface area contributed by atoms with E-state index in [2.05, 4.69) is 27.1 Å². The summed E-state index contributed by atoms with van der Waals surface area (Å²) in [6.45, 7) is 0. The maximum Gasteiger partial charge on any atom is 0.0991 e. The van der Waals surface area contributed by atoms with Gasteiger partial charge in [-0.15, -0.1) is 0 Å². The molecule has 4 nitrogen and oxygen atoms in total. The van der Waals surface area contributed by atoms with Crippen LogP contribution in [-0.2, 0) is 0 Å². The van der Waals surface area contributed by atoms with Gasteiger partial charge in [-0.3, -0.25) is 4.98 Å². The fourth-order valence-electron chi connectivity index (χ4n) is 2.71. The molecule has 0 aliphatic rings. The summed E-state index contributed by atoms with van der Waals surface area (Å²) in [4.78, 5) is 11.9. The molecule has 0 unspecified atom stereocenters. The number of fused-ring (bicyclic) bond motifs is 1. The SMILES string of the molecule is N#Cc1cccc(-c2ncccc2-c2ccc3nc[nH]c3c2)c1. The fourth-order valence-corrected chi connectivity index (χ4v) is 2.71. The molecule has 0 saturated heterocycles. The van der Waals surface area contributed by atoms with E-state index < -0.39 is 0 Å². The monoisotopic (exact) mass is 296 g/mol. The van der Waals surface area contributed by atoms with Gasteiger partial charge in [0.15, 0.2) is 0 Å². The number of imidazole rings is 1. The molecule has 4 heteroatoms. The van der Waals surface area contributed by atoms with E-state index in [1.165, 1.54) is 0 Å². The summed E-state index contributed by atoms with van der Waals surface area (Å²) in [5.41, 5.74) is 6.44. The molecule has 2 aromatic carbocycles. The van der Waals surface area contributed by atoms with E-state index in [4.69, 9.17) is 5.26 Å². The maximum atomic E-state index is 9.11. The maximum absolute atomic E-state index is 9.11. The molecular weight excluding hydrogens is 284 g/mol. The topological polar surface area (TPSA) is 65.4 Å². The summed E-state index contributed by atoms with van der Waals surface area (Å²) in [7, 11) is 0. The third-order valence-electron chi connectivity index (χ3n) is 3.80. The average molecular weight is 296 g/mol. The summed E-state index contributed by atoms with van der Waals surface area (Å²) < 4.78 is 0. The molecule has 1 N–H and O–H groups in total. The number of hydrogen-bond donors (Lipinski definition) is 1. The summed E-state index contributed by atoms with van der Waals surface area (Å²) in [6, 6.07) is 19.7. The van der Waals surface area contributed by atoms with Crippen molar-refractivity contribution in [2.24, 2.45) is 0 Å². The molecule has 0 aliphatic heterocycles. The van der Waals surface area contributed by atoms with Gasteiger partial charge in [-0.2, -0.15) is 5.26 Å². The normalized spacial score (nSPS) is 10.6. The second-order valence-corrected chi connectivity index (χ2v) is 5.23. The van der Waals surface area contributed by atoms with Crippen LogP contribution in [0.2, 0.25) is 0 Å². The Morgan fingerprint density at radius 1 is 0.913 bits per heavy atom. The fraction of sp³-hybridized carbons (Fsp3) is 0. The van der Waals surface area contributed by atoms with Crippen molar-refractivity contribution in [3.8, 4) is 28.5 Å². The van der Waals surface area contributed by atoms with E-state index in [-0.39, 0.29) is 0 Å². The molecule has 0 atom stereocenters. The van der Waals surface area contributed by atoms with Crippen LogP contribution in [-0.4, -0.2) is 15.0 Å². The first kappa shape index (κ1) is 13.2. The van der Waals surface area contributed by atoms with E-state index in [1.807, 2.05) is 42.5 Å². The largest absolute Gasteiger partial charge is 0.345 e. The molecule has 108 valence electrons. The highest BCUT2D eigenvalue weighted by atomic mass is 14.9. The van der Waals surface area contributed by atoms with Crippen molar-refractivity contribution in [3.05, 3.63) is 72.7 Å². The Morgan fingerprint density at radius 3 is 2.78 bits per heavy atom. The quantitative estimate of drug-likeness (QED) is 0.604. The van der Waals surface area contributed by atoms with Crippen molar-refractivity contribution in [2.45, 2.75) is 0 Å². The van der Waals surface area contributed by atoms with Crippen LogP contribution in [0.15, 0.2) is 67.1 Å². The zero-order chi connectivity index (χ0) is 15.6. The number of nitrogens with zero attached hydrogens (tertiary/aromatic N) is 3. The minimum atomic E-state index is 0.628. The number of H-pyrrole nitrogens is 1. The zero-order valence-electron chi connectivity index (χ0n) is 12.2. The molecule has 2 heterocycles. The van der Waals surface area contributed by atoms with Crippen LogP contribution < -0.4 is 0 Å². The Balaban J connectivity index is 1.91. The molecule has 0 radical (unpaired) electrons. The van der Waals surface area contributed by atoms with E-state index in [9.17, 15) is 0 Å². The number of aromatic amines is 1. The number of rotatable bonds is 2. The standard InChI is InChI=1S/C19H12N4/c20-11-13-3-1-4-15(9-13)19-16(5-2-8-21-19)14-6-7-17-18(10-14)23-12-22-17/h1-10,12H,(H,22,23). The summed E-state index contributed by atoms with van der Waals surface area (Å²) >= 11 is 0. The number of nitrogens with one attached hydrogen (secondary N) is 1. The van der Waals surface area contributed by atoms with Gasteiger partial charge in [-0.05, 0) is 35.9 Å². The lowest BCUT2D eigenvalue weighted by molar-refractivity contribution is 1.32. The molecule has 4 rings (SSSR count). The first-order valence-electron chi connectivity index (χ1n) is 7.24. The second-order valence-electron chi connectivity index (χ2n) is 5.23. The molecule has 0 bridgehead atoms. The Kier molecular flexibility index (Phi) is 3.10. The first-order valence-corrected chi connectivity index (χ1v) is 7.24. The van der Waals surface area contributed by atoms with Gasteiger partial charge < -0.3 is 4.98 Å². The van der Waals surface area contributed by atoms with Crippen LogP contribution in [0.1, 0.15) is 5.56 Å². The van der Waals surface area contributed by atoms with Gasteiger partial charge in [0.25, 0.3) is 0 Å². The van der Waals surface area contributed by atoms with Crippen molar-refractivity contribution >= 4 is 11.0 Å². The minimum Gasteiger partial charge on any atom is -0.345 e. The third kappa shape index (κ3) is 2.34. The highest BCUT2D eigenvalue weighted by Crippen LogP contribution is 2.31. The molecule has 0 fully saturated rings. The molecule has 0 aliphatic carbocycles. The molecule has 0 spiro atoms. The van der Waals surface area contributed by atoms with Crippen molar-refractivity contribution < 1.29 is 0 Å². The van der Waals surface area contributed by atoms with Crippen LogP contribution >= 0.6 is 0 Å². The Hall–Kier alpha value is -3.45. The van der Waals surface area contributed by atoms with E-state index >= 15 is 0 Å². The smallest absolute Gasteiger partial charge is 0.0991 e. The second kappa shape index (κ2) is 5.39.